The van der Waals surface area contributed by atoms with Crippen molar-refractivity contribution in [2.24, 2.45) is 5.10 Å². The number of anilines is 2. The second-order valence-corrected chi connectivity index (χ2v) is 8.80. The first-order valence-corrected chi connectivity index (χ1v) is 10.7. The topological polar surface area (TPSA) is 94.5 Å². The highest BCUT2D eigenvalue weighted by Gasteiger charge is 2.33. The van der Waals surface area contributed by atoms with Gasteiger partial charge in [-0.15, -0.1) is 11.8 Å². The number of thioether (sulfide) groups is 1. The van der Waals surface area contributed by atoms with Gasteiger partial charge in [-0.3, -0.25) is 14.5 Å². The zero-order chi connectivity index (χ0) is 21.1. The Morgan fingerprint density at radius 3 is 2.70 bits per heavy atom. The Bertz CT molecular complexity index is 893. The third-order valence-electron chi connectivity index (χ3n) is 4.94. The monoisotopic (exact) mass is 449 g/mol. The third kappa shape index (κ3) is 4.54. The van der Waals surface area contributed by atoms with Gasteiger partial charge in [0.25, 0.3) is 0 Å². The van der Waals surface area contributed by atoms with Gasteiger partial charge in [0.1, 0.15) is 12.4 Å². The first kappa shape index (κ1) is 20.5. The summed E-state index contributed by atoms with van der Waals surface area (Å²) < 4.78 is 6.02. The minimum Gasteiger partial charge on any atom is -0.442 e. The third-order valence-corrected chi connectivity index (χ3v) is 6.45. The number of halogens is 1. The van der Waals surface area contributed by atoms with Gasteiger partial charge in [-0.05, 0) is 30.7 Å². The average molecular weight is 450 g/mol. The Labute approximate surface area is 182 Å². The van der Waals surface area contributed by atoms with E-state index in [1.807, 2.05) is 35.2 Å². The van der Waals surface area contributed by atoms with Crippen LogP contribution in [0, 0.1) is 0 Å². The summed E-state index contributed by atoms with van der Waals surface area (Å²) in [5.74, 6) is -0.109. The van der Waals surface area contributed by atoms with E-state index in [-0.39, 0.29) is 17.7 Å². The quantitative estimate of drug-likeness (QED) is 0.667. The van der Waals surface area contributed by atoms with Crippen LogP contribution in [-0.4, -0.2) is 67.3 Å². The number of nitrogens with one attached hydrogen (secondary N) is 1. The van der Waals surface area contributed by atoms with Crippen LogP contribution >= 0.6 is 23.4 Å². The fourth-order valence-electron chi connectivity index (χ4n) is 3.31. The van der Waals surface area contributed by atoms with Crippen molar-refractivity contribution in [2.45, 2.75) is 17.8 Å². The number of hydrogen-bond acceptors (Lipinski definition) is 7. The van der Waals surface area contributed by atoms with Gasteiger partial charge in [0, 0.05) is 17.9 Å². The Balaban J connectivity index is 1.31. The van der Waals surface area contributed by atoms with Gasteiger partial charge < -0.3 is 15.0 Å². The maximum atomic E-state index is 12.3. The number of hydrogen-bond donors (Lipinski definition) is 1. The molecule has 30 heavy (non-hydrogen) atoms. The van der Waals surface area contributed by atoms with Crippen LogP contribution in [0.25, 0.3) is 0 Å². The van der Waals surface area contributed by atoms with Crippen molar-refractivity contribution in [1.82, 2.24) is 10.3 Å². The zero-order valence-electron chi connectivity index (χ0n) is 15.9. The first-order chi connectivity index (χ1) is 14.5. The minimum atomic E-state index is -0.442. The second kappa shape index (κ2) is 8.97. The van der Waals surface area contributed by atoms with Gasteiger partial charge in [0.15, 0.2) is 0 Å². The molecule has 0 saturated carbocycles. The fourth-order valence-corrected chi connectivity index (χ4v) is 4.57. The van der Waals surface area contributed by atoms with Crippen LogP contribution in [0.1, 0.15) is 6.42 Å². The highest BCUT2D eigenvalue weighted by atomic mass is 35.5. The van der Waals surface area contributed by atoms with Crippen LogP contribution < -0.4 is 15.1 Å². The van der Waals surface area contributed by atoms with Crippen LogP contribution in [0.3, 0.4) is 0 Å². The lowest BCUT2D eigenvalue weighted by molar-refractivity contribution is -0.121. The first-order valence-electron chi connectivity index (χ1n) is 9.44. The molecule has 2 atom stereocenters. The number of nitrogens with zero attached hydrogens (tertiary/aromatic N) is 4. The number of carbonyl (C=O) groups excluding carboxylic acids is 3. The maximum absolute atomic E-state index is 12.3. The predicted molar refractivity (Wildman–Crippen MR) is 116 cm³/mol. The molecule has 0 aromatic heterocycles. The van der Waals surface area contributed by atoms with E-state index in [2.05, 4.69) is 10.4 Å². The number of amides is 3. The van der Waals surface area contributed by atoms with Gasteiger partial charge in [-0.25, -0.2) is 9.80 Å². The van der Waals surface area contributed by atoms with Crippen LogP contribution in [0.2, 0.25) is 0 Å². The highest BCUT2D eigenvalue weighted by Crippen LogP contribution is 2.34. The molecule has 0 radical (unpaired) electrons. The van der Waals surface area contributed by atoms with E-state index in [0.717, 1.165) is 5.69 Å². The molecule has 1 unspecified atom stereocenters. The molecular formula is C19H20ClN5O4S. The summed E-state index contributed by atoms with van der Waals surface area (Å²) in [6.45, 7) is 1.75. The van der Waals surface area contributed by atoms with Gasteiger partial charge in [0.2, 0.25) is 12.3 Å². The van der Waals surface area contributed by atoms with E-state index in [0.29, 0.717) is 42.5 Å². The van der Waals surface area contributed by atoms with Gasteiger partial charge in [-0.1, -0.05) is 17.7 Å². The standard InChI is InChI=1S/C19H20ClN5O4S/c20-17-6-5-16(30-17)18(27)21-9-15-10-25(19(28)29-15)14-3-1-13(2-4-14)23-7-8-24(12-26)22-11-23/h1-4,6,11-12,15-16H,5,7-10H2,(H,21,27)/t15-,16?/m0/s1. The lowest BCUT2D eigenvalue weighted by Gasteiger charge is -2.26. The molecule has 11 heteroatoms. The minimum absolute atomic E-state index is 0.109. The van der Waals surface area contributed by atoms with Crippen molar-refractivity contribution < 1.29 is 19.1 Å². The number of carbonyl (C=O) groups is 3. The maximum Gasteiger partial charge on any atom is 0.414 e. The average Bonchev–Trinajstić information content (AvgIpc) is 3.37. The van der Waals surface area contributed by atoms with E-state index in [4.69, 9.17) is 16.3 Å². The molecule has 1 N–H and O–H groups in total. The molecule has 3 amide bonds. The molecule has 3 heterocycles. The molecule has 1 saturated heterocycles. The lowest BCUT2D eigenvalue weighted by Crippen LogP contribution is -2.38. The molecule has 0 bridgehead atoms. The number of hydrazone groups is 1. The number of cyclic esters (lactones) is 1. The summed E-state index contributed by atoms with van der Waals surface area (Å²) in [4.78, 5) is 38.7. The molecule has 0 aliphatic carbocycles. The number of rotatable bonds is 6. The van der Waals surface area contributed by atoms with Gasteiger partial charge >= 0.3 is 6.09 Å². The Hall–Kier alpha value is -2.72. The van der Waals surface area contributed by atoms with Crippen LogP contribution in [0.4, 0.5) is 16.2 Å². The Kier molecular flexibility index (Phi) is 6.14. The molecule has 3 aliphatic rings. The van der Waals surface area contributed by atoms with Crippen molar-refractivity contribution in [3.05, 3.63) is 34.7 Å². The van der Waals surface area contributed by atoms with E-state index >= 15 is 0 Å². The van der Waals surface area contributed by atoms with Crippen LogP contribution in [-0.2, 0) is 14.3 Å². The second-order valence-electron chi connectivity index (χ2n) is 6.92. The highest BCUT2D eigenvalue weighted by molar-refractivity contribution is 8.06. The zero-order valence-corrected chi connectivity index (χ0v) is 17.5. The molecule has 1 aromatic rings. The molecule has 3 aliphatic heterocycles. The predicted octanol–water partition coefficient (Wildman–Crippen LogP) is 1.94. The van der Waals surface area contributed by atoms with Crippen molar-refractivity contribution in [1.29, 1.82) is 0 Å². The van der Waals surface area contributed by atoms with Crippen molar-refractivity contribution in [3.8, 4) is 0 Å². The summed E-state index contributed by atoms with van der Waals surface area (Å²) in [5, 5.41) is 7.97. The number of benzene rings is 1. The molecule has 1 aromatic carbocycles. The summed E-state index contributed by atoms with van der Waals surface area (Å²) in [7, 11) is 0. The lowest BCUT2D eigenvalue weighted by atomic mass is 10.2. The smallest absolute Gasteiger partial charge is 0.414 e. The molecule has 1 fully saturated rings. The van der Waals surface area contributed by atoms with Gasteiger partial charge in [-0.2, -0.15) is 5.10 Å². The molecule has 4 rings (SSSR count). The van der Waals surface area contributed by atoms with Gasteiger partial charge in [0.05, 0.1) is 29.2 Å². The Morgan fingerprint density at radius 1 is 1.30 bits per heavy atom. The SMILES string of the molecule is O=CN1CCN(c2ccc(N3C[C@H](CNC(=O)C4CC=C(Cl)S4)OC3=O)cc2)C=N1. The Morgan fingerprint density at radius 2 is 2.07 bits per heavy atom. The molecule has 9 nitrogen and oxygen atoms in total. The van der Waals surface area contributed by atoms with E-state index in [9.17, 15) is 14.4 Å². The summed E-state index contributed by atoms with van der Waals surface area (Å²) >= 11 is 7.23. The largest absolute Gasteiger partial charge is 0.442 e. The fraction of sp³-hybridized carbons (Fsp3) is 0.368. The molecular weight excluding hydrogens is 430 g/mol. The van der Waals surface area contributed by atoms with Crippen molar-refractivity contribution in [3.63, 3.8) is 0 Å². The molecule has 0 spiro atoms. The number of ether oxygens (including phenoxy) is 1. The van der Waals surface area contributed by atoms with E-state index in [1.165, 1.54) is 16.8 Å². The van der Waals surface area contributed by atoms with Crippen molar-refractivity contribution in [2.75, 3.05) is 36.0 Å². The number of allylic oxidation sites excluding steroid dienone is 1. The van der Waals surface area contributed by atoms with Crippen LogP contribution in [0.15, 0.2) is 39.8 Å². The van der Waals surface area contributed by atoms with E-state index in [1.54, 1.807) is 11.2 Å². The van der Waals surface area contributed by atoms with Crippen LogP contribution in [0.5, 0.6) is 0 Å². The summed E-state index contributed by atoms with van der Waals surface area (Å²) in [6.07, 6.45) is 3.86. The van der Waals surface area contributed by atoms with Crippen molar-refractivity contribution >= 4 is 59.5 Å². The summed E-state index contributed by atoms with van der Waals surface area (Å²) in [6, 6.07) is 7.43. The molecule has 158 valence electrons. The summed E-state index contributed by atoms with van der Waals surface area (Å²) in [5.41, 5.74) is 1.62. The normalized spacial score (nSPS) is 23.4. The van der Waals surface area contributed by atoms with E-state index < -0.39 is 12.2 Å².